The fourth-order valence-electron chi connectivity index (χ4n) is 1.61. The van der Waals surface area contributed by atoms with Crippen molar-refractivity contribution in [3.63, 3.8) is 0 Å². The molecule has 1 N–H and O–H groups in total. The Balaban J connectivity index is 2.04. The smallest absolute Gasteiger partial charge is 0.270 e. The highest BCUT2D eigenvalue weighted by molar-refractivity contribution is 14.1. The molecule has 0 amide bonds. The van der Waals surface area contributed by atoms with Crippen LogP contribution < -0.4 is 5.32 Å². The van der Waals surface area contributed by atoms with Gasteiger partial charge in [-0.2, -0.15) is 11.8 Å². The molecule has 1 aliphatic carbocycles. The second kappa shape index (κ2) is 5.01. The van der Waals surface area contributed by atoms with E-state index in [2.05, 4.69) is 34.2 Å². The van der Waals surface area contributed by atoms with Gasteiger partial charge >= 0.3 is 0 Å². The third kappa shape index (κ3) is 3.04. The number of halogens is 1. The summed E-state index contributed by atoms with van der Waals surface area (Å²) in [6.45, 7) is 0.933. The van der Waals surface area contributed by atoms with E-state index in [0.717, 1.165) is 15.8 Å². The summed E-state index contributed by atoms with van der Waals surface area (Å²) < 4.78 is 1.29. The van der Waals surface area contributed by atoms with Gasteiger partial charge in [0.1, 0.15) is 0 Å². The first kappa shape index (κ1) is 12.9. The first-order valence-corrected chi connectivity index (χ1v) is 7.60. The molecule has 0 saturated heterocycles. The number of anilines is 1. The molecule has 0 radical (unpaired) electrons. The van der Waals surface area contributed by atoms with Gasteiger partial charge in [0.05, 0.1) is 4.92 Å². The minimum Gasteiger partial charge on any atom is -0.383 e. The highest BCUT2D eigenvalue weighted by Crippen LogP contribution is 2.47. The molecule has 1 aromatic rings. The normalized spacial score (nSPS) is 16.6. The van der Waals surface area contributed by atoms with Gasteiger partial charge in [0, 0.05) is 32.7 Å². The Labute approximate surface area is 118 Å². The molecule has 4 nitrogen and oxygen atoms in total. The van der Waals surface area contributed by atoms with Gasteiger partial charge in [-0.3, -0.25) is 10.1 Å². The maximum absolute atomic E-state index is 10.6. The van der Waals surface area contributed by atoms with Crippen LogP contribution in [0.3, 0.4) is 0 Å². The first-order valence-electron chi connectivity index (χ1n) is 5.29. The third-order valence-electron chi connectivity index (χ3n) is 3.01. The Morgan fingerprint density at radius 1 is 1.59 bits per heavy atom. The molecule has 1 aliphatic rings. The average molecular weight is 364 g/mol. The number of benzene rings is 1. The SMILES string of the molecule is CSC1(CNc2ccc([N+](=O)[O-])cc2I)CC1. The zero-order valence-corrected chi connectivity index (χ0v) is 12.4. The van der Waals surface area contributed by atoms with Crippen LogP contribution in [0, 0.1) is 13.7 Å². The van der Waals surface area contributed by atoms with E-state index < -0.39 is 0 Å². The molecular weight excluding hydrogens is 351 g/mol. The summed E-state index contributed by atoms with van der Waals surface area (Å²) in [5.41, 5.74) is 1.13. The van der Waals surface area contributed by atoms with Crippen LogP contribution in [0.15, 0.2) is 18.2 Å². The summed E-state index contributed by atoms with van der Waals surface area (Å²) in [4.78, 5) is 10.3. The van der Waals surface area contributed by atoms with Crippen LogP contribution in [0.25, 0.3) is 0 Å². The van der Waals surface area contributed by atoms with Crippen LogP contribution in [0.5, 0.6) is 0 Å². The van der Waals surface area contributed by atoms with Crippen molar-refractivity contribution in [3.8, 4) is 0 Å². The lowest BCUT2D eigenvalue weighted by atomic mass is 10.2. The number of nitro groups is 1. The van der Waals surface area contributed by atoms with Crippen LogP contribution in [0.2, 0.25) is 0 Å². The second-order valence-corrected chi connectivity index (χ2v) is 6.60. The predicted molar refractivity (Wildman–Crippen MR) is 79.8 cm³/mol. The molecular formula is C11H13IN2O2S. The van der Waals surface area contributed by atoms with Gasteiger partial charge in [-0.25, -0.2) is 0 Å². The molecule has 1 saturated carbocycles. The number of hydrogen-bond acceptors (Lipinski definition) is 4. The highest BCUT2D eigenvalue weighted by Gasteiger charge is 2.41. The fraction of sp³-hybridized carbons (Fsp3) is 0.455. The van der Waals surface area contributed by atoms with E-state index in [4.69, 9.17) is 0 Å². The van der Waals surface area contributed by atoms with Crippen molar-refractivity contribution in [2.24, 2.45) is 0 Å². The largest absolute Gasteiger partial charge is 0.383 e. The topological polar surface area (TPSA) is 55.2 Å². The molecule has 0 bridgehead atoms. The molecule has 0 unspecified atom stereocenters. The third-order valence-corrected chi connectivity index (χ3v) is 5.32. The maximum atomic E-state index is 10.6. The van der Waals surface area contributed by atoms with Crippen molar-refractivity contribution in [3.05, 3.63) is 31.9 Å². The molecule has 0 atom stereocenters. The Morgan fingerprint density at radius 3 is 2.76 bits per heavy atom. The van der Waals surface area contributed by atoms with E-state index in [1.807, 2.05) is 11.8 Å². The van der Waals surface area contributed by atoms with Crippen LogP contribution in [-0.2, 0) is 0 Å². The van der Waals surface area contributed by atoms with E-state index in [1.165, 1.54) is 12.8 Å². The molecule has 1 fully saturated rings. The molecule has 0 heterocycles. The fourth-order valence-corrected chi connectivity index (χ4v) is 3.03. The molecule has 1 aromatic carbocycles. The van der Waals surface area contributed by atoms with Gasteiger partial charge in [-0.15, -0.1) is 0 Å². The van der Waals surface area contributed by atoms with E-state index in [0.29, 0.717) is 4.75 Å². The zero-order chi connectivity index (χ0) is 12.5. The summed E-state index contributed by atoms with van der Waals surface area (Å²) in [6.07, 6.45) is 4.64. The summed E-state index contributed by atoms with van der Waals surface area (Å²) >= 11 is 4.03. The molecule has 6 heteroatoms. The number of nitrogens with zero attached hydrogens (tertiary/aromatic N) is 1. The van der Waals surface area contributed by atoms with Gasteiger partial charge < -0.3 is 5.32 Å². The van der Waals surface area contributed by atoms with Gasteiger partial charge in [0.15, 0.2) is 0 Å². The van der Waals surface area contributed by atoms with Crippen molar-refractivity contribution >= 4 is 45.7 Å². The number of hydrogen-bond donors (Lipinski definition) is 1. The van der Waals surface area contributed by atoms with Crippen LogP contribution in [0.4, 0.5) is 11.4 Å². The van der Waals surface area contributed by atoms with Crippen molar-refractivity contribution in [1.82, 2.24) is 0 Å². The molecule has 92 valence electrons. The average Bonchev–Trinajstić information content (AvgIpc) is 3.08. The van der Waals surface area contributed by atoms with E-state index in [9.17, 15) is 10.1 Å². The second-order valence-electron chi connectivity index (χ2n) is 4.16. The minimum absolute atomic E-state index is 0.144. The van der Waals surface area contributed by atoms with Crippen LogP contribution in [-0.4, -0.2) is 22.5 Å². The standard InChI is InChI=1S/C11H13IN2O2S/c1-17-11(4-5-11)7-13-10-3-2-8(14(15)16)6-9(10)12/h2-3,6,13H,4-5,7H2,1H3. The monoisotopic (exact) mass is 364 g/mol. The summed E-state index contributed by atoms with van der Waals surface area (Å²) in [7, 11) is 0. The molecule has 0 spiro atoms. The number of nitrogens with one attached hydrogen (secondary N) is 1. The van der Waals surface area contributed by atoms with Gasteiger partial charge in [0.25, 0.3) is 5.69 Å². The Bertz CT molecular complexity index is 449. The number of nitro benzene ring substituents is 1. The molecule has 17 heavy (non-hydrogen) atoms. The van der Waals surface area contributed by atoms with Crippen LogP contribution in [0.1, 0.15) is 12.8 Å². The summed E-state index contributed by atoms with van der Waals surface area (Å²) in [5, 5.41) is 14.0. The maximum Gasteiger partial charge on any atom is 0.270 e. The predicted octanol–water partition coefficient (Wildman–Crippen LogP) is 3.51. The van der Waals surface area contributed by atoms with Gasteiger partial charge in [-0.1, -0.05) is 0 Å². The molecule has 2 rings (SSSR count). The van der Waals surface area contributed by atoms with E-state index >= 15 is 0 Å². The lowest BCUT2D eigenvalue weighted by Gasteiger charge is -2.15. The van der Waals surface area contributed by atoms with Gasteiger partial charge in [-0.05, 0) is 47.8 Å². The minimum atomic E-state index is -0.365. The lowest BCUT2D eigenvalue weighted by Crippen LogP contribution is -2.17. The quantitative estimate of drug-likeness (QED) is 0.494. The van der Waals surface area contributed by atoms with E-state index in [1.54, 1.807) is 18.2 Å². The lowest BCUT2D eigenvalue weighted by molar-refractivity contribution is -0.384. The highest BCUT2D eigenvalue weighted by atomic mass is 127. The Morgan fingerprint density at radius 2 is 2.29 bits per heavy atom. The number of non-ortho nitro benzene ring substituents is 1. The van der Waals surface area contributed by atoms with Crippen molar-refractivity contribution in [2.75, 3.05) is 18.1 Å². The number of thioether (sulfide) groups is 1. The number of rotatable bonds is 5. The first-order chi connectivity index (χ1) is 8.06. The molecule has 0 aliphatic heterocycles. The van der Waals surface area contributed by atoms with Crippen molar-refractivity contribution in [2.45, 2.75) is 17.6 Å². The van der Waals surface area contributed by atoms with Gasteiger partial charge in [0.2, 0.25) is 0 Å². The zero-order valence-electron chi connectivity index (χ0n) is 9.40. The summed E-state index contributed by atoms with van der Waals surface area (Å²) in [5.74, 6) is 0. The Hall–Kier alpha value is -0.500. The van der Waals surface area contributed by atoms with Crippen molar-refractivity contribution < 1.29 is 4.92 Å². The Kier molecular flexibility index (Phi) is 3.82. The van der Waals surface area contributed by atoms with E-state index in [-0.39, 0.29) is 10.6 Å². The van der Waals surface area contributed by atoms with Crippen LogP contribution >= 0.6 is 34.4 Å². The van der Waals surface area contributed by atoms with Crippen molar-refractivity contribution in [1.29, 1.82) is 0 Å². The summed E-state index contributed by atoms with van der Waals surface area (Å²) in [6, 6.07) is 4.93. The molecule has 0 aromatic heterocycles.